The van der Waals surface area contributed by atoms with Crippen molar-refractivity contribution in [3.8, 4) is 11.3 Å². The highest BCUT2D eigenvalue weighted by molar-refractivity contribution is 7.90. The third-order valence-corrected chi connectivity index (χ3v) is 5.29. The van der Waals surface area contributed by atoms with E-state index >= 15 is 0 Å². The van der Waals surface area contributed by atoms with Crippen LogP contribution >= 0.6 is 0 Å². The first kappa shape index (κ1) is 14.3. The molecule has 1 atom stereocenters. The highest BCUT2D eigenvalue weighted by Crippen LogP contribution is 2.22. The van der Waals surface area contributed by atoms with E-state index in [1.54, 1.807) is 6.07 Å². The maximum absolute atomic E-state index is 12.1. The Hall–Kier alpha value is -1.63. The van der Waals surface area contributed by atoms with Crippen molar-refractivity contribution < 1.29 is 17.6 Å². The van der Waals surface area contributed by atoms with Gasteiger partial charge >= 0.3 is 0 Å². The summed E-state index contributed by atoms with van der Waals surface area (Å²) in [7, 11) is -3.35. The standard InChI is InChI=1S/C15H17NO4S/c17-21(18,14-8-9-19-11-14)16-10-13-6-7-15(20-13)12-4-2-1-3-5-12/h1-7,14,16H,8-11H2. The third kappa shape index (κ3) is 3.34. The first-order valence-corrected chi connectivity index (χ1v) is 8.40. The second kappa shape index (κ2) is 6.01. The Morgan fingerprint density at radius 3 is 2.67 bits per heavy atom. The Morgan fingerprint density at radius 1 is 1.14 bits per heavy atom. The molecule has 5 nitrogen and oxygen atoms in total. The molecule has 3 rings (SSSR count). The molecule has 0 spiro atoms. The molecule has 6 heteroatoms. The second-order valence-corrected chi connectivity index (χ2v) is 7.03. The number of hydrogen-bond acceptors (Lipinski definition) is 4. The maximum Gasteiger partial charge on any atom is 0.217 e. The molecule has 1 aromatic carbocycles. The van der Waals surface area contributed by atoms with Gasteiger partial charge in [-0.3, -0.25) is 0 Å². The van der Waals surface area contributed by atoms with Crippen molar-refractivity contribution in [1.82, 2.24) is 4.72 Å². The molecule has 2 aromatic rings. The Balaban J connectivity index is 1.65. The van der Waals surface area contributed by atoms with Crippen LogP contribution in [0.4, 0.5) is 0 Å². The van der Waals surface area contributed by atoms with Gasteiger partial charge in [-0.15, -0.1) is 0 Å². The minimum absolute atomic E-state index is 0.158. The predicted molar refractivity (Wildman–Crippen MR) is 79.1 cm³/mol. The summed E-state index contributed by atoms with van der Waals surface area (Å²) in [6.45, 7) is 0.929. The molecule has 0 bridgehead atoms. The van der Waals surface area contributed by atoms with Crippen LogP contribution < -0.4 is 4.72 Å². The van der Waals surface area contributed by atoms with Crippen molar-refractivity contribution in [3.63, 3.8) is 0 Å². The number of furan rings is 1. The molecule has 1 N–H and O–H groups in total. The van der Waals surface area contributed by atoms with E-state index < -0.39 is 15.3 Å². The summed E-state index contributed by atoms with van der Waals surface area (Å²) >= 11 is 0. The lowest BCUT2D eigenvalue weighted by Gasteiger charge is -2.09. The lowest BCUT2D eigenvalue weighted by molar-refractivity contribution is 0.198. The van der Waals surface area contributed by atoms with Crippen LogP contribution in [0.3, 0.4) is 0 Å². The van der Waals surface area contributed by atoms with E-state index in [1.165, 1.54) is 0 Å². The molecule has 0 aliphatic carbocycles. The fraction of sp³-hybridized carbons (Fsp3) is 0.333. The fourth-order valence-electron chi connectivity index (χ4n) is 2.28. The van der Waals surface area contributed by atoms with Gasteiger partial charge in [0.2, 0.25) is 10.0 Å². The average Bonchev–Trinajstić information content (AvgIpc) is 3.18. The normalized spacial score (nSPS) is 19.0. The number of ether oxygens (including phenoxy) is 1. The highest BCUT2D eigenvalue weighted by Gasteiger charge is 2.29. The van der Waals surface area contributed by atoms with Crippen LogP contribution in [0, 0.1) is 0 Å². The fourth-order valence-corrected chi connectivity index (χ4v) is 3.54. The smallest absolute Gasteiger partial charge is 0.217 e. The van der Waals surface area contributed by atoms with Gasteiger partial charge in [0.05, 0.1) is 13.2 Å². The highest BCUT2D eigenvalue weighted by atomic mass is 32.2. The molecule has 0 radical (unpaired) electrons. The monoisotopic (exact) mass is 307 g/mol. The number of benzene rings is 1. The Kier molecular flexibility index (Phi) is 4.10. The molecule has 2 heterocycles. The summed E-state index contributed by atoms with van der Waals surface area (Å²) in [5.74, 6) is 1.32. The van der Waals surface area contributed by atoms with Crippen LogP contribution in [0.25, 0.3) is 11.3 Å². The van der Waals surface area contributed by atoms with Crippen LogP contribution in [-0.2, 0) is 21.3 Å². The second-order valence-electron chi connectivity index (χ2n) is 4.98. The van der Waals surface area contributed by atoms with E-state index in [4.69, 9.17) is 9.15 Å². The predicted octanol–water partition coefficient (Wildman–Crippen LogP) is 2.15. The van der Waals surface area contributed by atoms with E-state index in [1.807, 2.05) is 36.4 Å². The van der Waals surface area contributed by atoms with Gasteiger partial charge in [0.1, 0.15) is 16.8 Å². The van der Waals surface area contributed by atoms with E-state index in [2.05, 4.69) is 4.72 Å². The molecule has 0 saturated carbocycles. The lowest BCUT2D eigenvalue weighted by Crippen LogP contribution is -2.34. The quantitative estimate of drug-likeness (QED) is 0.919. The van der Waals surface area contributed by atoms with Gasteiger partial charge in [-0.1, -0.05) is 30.3 Å². The van der Waals surface area contributed by atoms with Gasteiger partial charge in [-0.2, -0.15) is 0 Å². The van der Waals surface area contributed by atoms with Crippen LogP contribution in [-0.4, -0.2) is 26.9 Å². The van der Waals surface area contributed by atoms with E-state index in [0.717, 1.165) is 11.3 Å². The van der Waals surface area contributed by atoms with Crippen molar-refractivity contribution in [1.29, 1.82) is 0 Å². The molecular formula is C15H17NO4S. The van der Waals surface area contributed by atoms with Gasteiger partial charge < -0.3 is 9.15 Å². The summed E-state index contributed by atoms with van der Waals surface area (Å²) < 4.78 is 37.5. The zero-order valence-corrected chi connectivity index (χ0v) is 12.3. The zero-order valence-electron chi connectivity index (χ0n) is 11.5. The van der Waals surface area contributed by atoms with Crippen LogP contribution in [0.5, 0.6) is 0 Å². The molecule has 1 saturated heterocycles. The van der Waals surface area contributed by atoms with Gasteiger partial charge in [0.25, 0.3) is 0 Å². The van der Waals surface area contributed by atoms with Crippen molar-refractivity contribution >= 4 is 10.0 Å². The Morgan fingerprint density at radius 2 is 1.95 bits per heavy atom. The summed E-state index contributed by atoms with van der Waals surface area (Å²) in [5, 5.41) is -0.457. The third-order valence-electron chi connectivity index (χ3n) is 3.49. The molecular weight excluding hydrogens is 290 g/mol. The van der Waals surface area contributed by atoms with Gasteiger partial charge in [0.15, 0.2) is 0 Å². The minimum atomic E-state index is -3.35. The first-order chi connectivity index (χ1) is 10.1. The molecule has 21 heavy (non-hydrogen) atoms. The molecule has 112 valence electrons. The van der Waals surface area contributed by atoms with Crippen LogP contribution in [0.2, 0.25) is 0 Å². The summed E-state index contributed by atoms with van der Waals surface area (Å²) in [5.41, 5.74) is 0.968. The van der Waals surface area contributed by atoms with Gasteiger partial charge in [-0.05, 0) is 18.6 Å². The van der Waals surface area contributed by atoms with Gasteiger partial charge in [0, 0.05) is 12.2 Å². The van der Waals surface area contributed by atoms with Crippen molar-refractivity contribution in [2.24, 2.45) is 0 Å². The van der Waals surface area contributed by atoms with Crippen LogP contribution in [0.1, 0.15) is 12.2 Å². The summed E-state index contributed by atoms with van der Waals surface area (Å²) in [4.78, 5) is 0. The molecule has 1 aliphatic rings. The maximum atomic E-state index is 12.1. The minimum Gasteiger partial charge on any atom is -0.460 e. The molecule has 0 amide bonds. The Bertz CT molecular complexity index is 687. The lowest BCUT2D eigenvalue weighted by atomic mass is 10.2. The summed E-state index contributed by atoms with van der Waals surface area (Å²) in [6, 6.07) is 13.3. The first-order valence-electron chi connectivity index (χ1n) is 6.85. The van der Waals surface area contributed by atoms with Crippen molar-refractivity contribution in [2.45, 2.75) is 18.2 Å². The SMILES string of the molecule is O=S(=O)(NCc1ccc(-c2ccccc2)o1)C1CCOC1. The van der Waals surface area contributed by atoms with Crippen LogP contribution in [0.15, 0.2) is 46.9 Å². The molecule has 1 unspecified atom stereocenters. The number of hydrogen-bond donors (Lipinski definition) is 1. The molecule has 1 fully saturated rings. The summed E-state index contributed by atoms with van der Waals surface area (Å²) in [6.07, 6.45) is 0.544. The number of sulfonamides is 1. The Labute approximate surface area is 124 Å². The van der Waals surface area contributed by atoms with Gasteiger partial charge in [-0.25, -0.2) is 13.1 Å². The number of nitrogens with one attached hydrogen (secondary N) is 1. The van der Waals surface area contributed by atoms with Crippen molar-refractivity contribution in [2.75, 3.05) is 13.2 Å². The largest absolute Gasteiger partial charge is 0.460 e. The topological polar surface area (TPSA) is 68.5 Å². The number of rotatable bonds is 5. The molecule has 1 aromatic heterocycles. The van der Waals surface area contributed by atoms with Crippen molar-refractivity contribution in [3.05, 3.63) is 48.2 Å². The zero-order chi connectivity index (χ0) is 14.7. The van der Waals surface area contributed by atoms with E-state index in [9.17, 15) is 8.42 Å². The van der Waals surface area contributed by atoms with E-state index in [0.29, 0.717) is 18.8 Å². The average molecular weight is 307 g/mol. The molecule has 1 aliphatic heterocycles. The van der Waals surface area contributed by atoms with E-state index in [-0.39, 0.29) is 13.2 Å².